The zero-order chi connectivity index (χ0) is 11.2. The van der Waals surface area contributed by atoms with Crippen LogP contribution in [0.25, 0.3) is 16.8 Å². The molecule has 2 aromatic carbocycles. The first kappa shape index (κ1) is 10.9. The molecule has 1 heteroatoms. The molecule has 1 nitrogen and oxygen atoms in total. The van der Waals surface area contributed by atoms with E-state index in [0.29, 0.717) is 0 Å². The van der Waals surface area contributed by atoms with Crippen molar-refractivity contribution in [2.45, 2.75) is 6.42 Å². The maximum atomic E-state index is 3.13. The largest absolute Gasteiger partial charge is 0.319 e. The van der Waals surface area contributed by atoms with Crippen molar-refractivity contribution in [3.05, 3.63) is 54.1 Å². The van der Waals surface area contributed by atoms with Gasteiger partial charge in [0.25, 0.3) is 0 Å². The fourth-order valence-electron chi connectivity index (χ4n) is 1.76. The lowest BCUT2D eigenvalue weighted by atomic mass is 10.1. The van der Waals surface area contributed by atoms with Gasteiger partial charge in [0.15, 0.2) is 0 Å². The van der Waals surface area contributed by atoms with Crippen molar-refractivity contribution < 1.29 is 0 Å². The minimum atomic E-state index is 1.03. The molecule has 0 fully saturated rings. The molecular formula is C15H17N. The van der Waals surface area contributed by atoms with Gasteiger partial charge in [0.2, 0.25) is 0 Å². The number of fused-ring (bicyclic) bond motifs is 1. The van der Waals surface area contributed by atoms with E-state index in [9.17, 15) is 0 Å². The summed E-state index contributed by atoms with van der Waals surface area (Å²) in [5.41, 5.74) is 1.27. The molecule has 0 saturated carbocycles. The van der Waals surface area contributed by atoms with Crippen LogP contribution in [0.15, 0.2) is 48.5 Å². The van der Waals surface area contributed by atoms with E-state index in [1.165, 1.54) is 16.3 Å². The van der Waals surface area contributed by atoms with Gasteiger partial charge in [-0.3, -0.25) is 0 Å². The number of benzene rings is 2. The molecule has 0 saturated heterocycles. The maximum absolute atomic E-state index is 3.13. The summed E-state index contributed by atoms with van der Waals surface area (Å²) in [7, 11) is 1.98. The average molecular weight is 211 g/mol. The smallest absolute Gasteiger partial charge is 0.00172 e. The molecule has 0 spiro atoms. The van der Waals surface area contributed by atoms with E-state index in [4.69, 9.17) is 0 Å². The molecule has 16 heavy (non-hydrogen) atoms. The van der Waals surface area contributed by atoms with Crippen LogP contribution in [0.1, 0.15) is 12.0 Å². The molecule has 2 rings (SSSR count). The first-order valence-corrected chi connectivity index (χ1v) is 5.70. The van der Waals surface area contributed by atoms with Gasteiger partial charge < -0.3 is 5.32 Å². The van der Waals surface area contributed by atoms with Crippen LogP contribution >= 0.6 is 0 Å². The third kappa shape index (κ3) is 2.71. The van der Waals surface area contributed by atoms with E-state index in [1.54, 1.807) is 0 Å². The minimum Gasteiger partial charge on any atom is -0.319 e. The SMILES string of the molecule is CNCCC=Cc1ccc2ccccc2c1. The second kappa shape index (κ2) is 5.47. The Balaban J connectivity index is 2.16. The highest BCUT2D eigenvalue weighted by molar-refractivity contribution is 5.84. The normalized spacial score (nSPS) is 11.3. The van der Waals surface area contributed by atoms with Gasteiger partial charge in [0, 0.05) is 0 Å². The Hall–Kier alpha value is -1.60. The summed E-state index contributed by atoms with van der Waals surface area (Å²) >= 11 is 0. The first-order valence-electron chi connectivity index (χ1n) is 5.70. The fourth-order valence-corrected chi connectivity index (χ4v) is 1.76. The molecule has 0 aliphatic heterocycles. The van der Waals surface area contributed by atoms with Crippen molar-refractivity contribution in [3.8, 4) is 0 Å². The van der Waals surface area contributed by atoms with E-state index in [0.717, 1.165) is 13.0 Å². The zero-order valence-corrected chi connectivity index (χ0v) is 9.61. The quantitative estimate of drug-likeness (QED) is 0.764. The molecule has 0 aliphatic carbocycles. The number of rotatable bonds is 4. The first-order chi connectivity index (χ1) is 7.90. The van der Waals surface area contributed by atoms with Gasteiger partial charge in [-0.1, -0.05) is 48.6 Å². The highest BCUT2D eigenvalue weighted by atomic mass is 14.8. The summed E-state index contributed by atoms with van der Waals surface area (Å²) in [5, 5.41) is 5.74. The average Bonchev–Trinajstić information content (AvgIpc) is 2.34. The summed E-state index contributed by atoms with van der Waals surface area (Å²) in [6.45, 7) is 1.03. The van der Waals surface area contributed by atoms with E-state index in [2.05, 4.69) is 59.9 Å². The molecule has 1 N–H and O–H groups in total. The molecule has 0 amide bonds. The molecule has 0 aromatic heterocycles. The fraction of sp³-hybridized carbons (Fsp3) is 0.200. The molecule has 2 aromatic rings. The highest BCUT2D eigenvalue weighted by Gasteiger charge is 1.92. The third-order valence-corrected chi connectivity index (χ3v) is 2.64. The van der Waals surface area contributed by atoms with Crippen LogP contribution in [0.2, 0.25) is 0 Å². The Morgan fingerprint density at radius 1 is 1.06 bits per heavy atom. The molecule has 0 radical (unpaired) electrons. The van der Waals surface area contributed by atoms with Crippen molar-refractivity contribution in [1.82, 2.24) is 5.32 Å². The van der Waals surface area contributed by atoms with Crippen molar-refractivity contribution in [1.29, 1.82) is 0 Å². The zero-order valence-electron chi connectivity index (χ0n) is 9.61. The summed E-state index contributed by atoms with van der Waals surface area (Å²) in [6, 6.07) is 15.0. The Bertz CT molecular complexity index is 486. The molecule has 0 unspecified atom stereocenters. The summed E-state index contributed by atoms with van der Waals surface area (Å²) in [6.07, 6.45) is 5.47. The Morgan fingerprint density at radius 3 is 2.69 bits per heavy atom. The van der Waals surface area contributed by atoms with Crippen molar-refractivity contribution in [3.63, 3.8) is 0 Å². The monoisotopic (exact) mass is 211 g/mol. The minimum absolute atomic E-state index is 1.03. The van der Waals surface area contributed by atoms with Crippen LogP contribution in [-0.4, -0.2) is 13.6 Å². The summed E-state index contributed by atoms with van der Waals surface area (Å²) < 4.78 is 0. The Morgan fingerprint density at radius 2 is 1.88 bits per heavy atom. The number of nitrogens with one attached hydrogen (secondary N) is 1. The van der Waals surface area contributed by atoms with E-state index >= 15 is 0 Å². The van der Waals surface area contributed by atoms with Gasteiger partial charge in [-0.15, -0.1) is 0 Å². The lowest BCUT2D eigenvalue weighted by Crippen LogP contribution is -2.05. The second-order valence-electron chi connectivity index (χ2n) is 3.90. The topological polar surface area (TPSA) is 12.0 Å². The molecule has 82 valence electrons. The van der Waals surface area contributed by atoms with Gasteiger partial charge in [-0.25, -0.2) is 0 Å². The maximum Gasteiger partial charge on any atom is -0.00172 e. The number of hydrogen-bond acceptors (Lipinski definition) is 1. The van der Waals surface area contributed by atoms with E-state index < -0.39 is 0 Å². The molecule has 0 heterocycles. The van der Waals surface area contributed by atoms with E-state index in [1.807, 2.05) is 7.05 Å². The van der Waals surface area contributed by atoms with Crippen LogP contribution in [0, 0.1) is 0 Å². The van der Waals surface area contributed by atoms with Crippen molar-refractivity contribution in [2.24, 2.45) is 0 Å². The summed E-state index contributed by atoms with van der Waals surface area (Å²) in [4.78, 5) is 0. The summed E-state index contributed by atoms with van der Waals surface area (Å²) in [5.74, 6) is 0. The molecule has 0 aliphatic rings. The van der Waals surface area contributed by atoms with Gasteiger partial charge in [-0.05, 0) is 42.4 Å². The van der Waals surface area contributed by atoms with Crippen LogP contribution < -0.4 is 5.32 Å². The molecule has 0 atom stereocenters. The number of hydrogen-bond donors (Lipinski definition) is 1. The van der Waals surface area contributed by atoms with Crippen LogP contribution in [0.3, 0.4) is 0 Å². The lowest BCUT2D eigenvalue weighted by Gasteiger charge is -1.99. The van der Waals surface area contributed by atoms with Gasteiger partial charge in [0.1, 0.15) is 0 Å². The molecular weight excluding hydrogens is 194 g/mol. The van der Waals surface area contributed by atoms with Crippen molar-refractivity contribution in [2.75, 3.05) is 13.6 Å². The molecule has 0 bridgehead atoms. The second-order valence-corrected chi connectivity index (χ2v) is 3.90. The Kier molecular flexibility index (Phi) is 3.73. The predicted molar refractivity (Wildman–Crippen MR) is 71.5 cm³/mol. The van der Waals surface area contributed by atoms with Crippen LogP contribution in [0.5, 0.6) is 0 Å². The van der Waals surface area contributed by atoms with E-state index in [-0.39, 0.29) is 0 Å². The van der Waals surface area contributed by atoms with Crippen molar-refractivity contribution >= 4 is 16.8 Å². The van der Waals surface area contributed by atoms with Gasteiger partial charge in [-0.2, -0.15) is 0 Å². The standard InChI is InChI=1S/C15H17N/c1-16-11-5-4-6-13-9-10-14-7-2-3-8-15(14)12-13/h2-4,6-10,12,16H,5,11H2,1H3. The highest BCUT2D eigenvalue weighted by Crippen LogP contribution is 2.16. The van der Waals surface area contributed by atoms with Crippen LogP contribution in [-0.2, 0) is 0 Å². The van der Waals surface area contributed by atoms with Crippen LogP contribution in [0.4, 0.5) is 0 Å². The van der Waals surface area contributed by atoms with Gasteiger partial charge >= 0.3 is 0 Å². The lowest BCUT2D eigenvalue weighted by molar-refractivity contribution is 0.809. The predicted octanol–water partition coefficient (Wildman–Crippen LogP) is 3.46. The van der Waals surface area contributed by atoms with Gasteiger partial charge in [0.05, 0.1) is 0 Å². The third-order valence-electron chi connectivity index (χ3n) is 2.64. The Labute approximate surface area is 96.8 Å².